The zero-order valence-corrected chi connectivity index (χ0v) is 15.6. The van der Waals surface area contributed by atoms with Crippen LogP contribution in [-0.4, -0.2) is 47.0 Å². The molecule has 1 amide bonds. The second kappa shape index (κ2) is 7.00. The molecule has 2 aromatic rings. The lowest BCUT2D eigenvalue weighted by Crippen LogP contribution is -2.52. The van der Waals surface area contributed by atoms with E-state index in [-0.39, 0.29) is 5.91 Å². The molecule has 0 N–H and O–H groups in total. The Balaban J connectivity index is 1.61. The Morgan fingerprint density at radius 1 is 1.12 bits per heavy atom. The van der Waals surface area contributed by atoms with Crippen LogP contribution in [0.5, 0.6) is 0 Å². The van der Waals surface area contributed by atoms with Gasteiger partial charge in [-0.05, 0) is 33.3 Å². The van der Waals surface area contributed by atoms with E-state index >= 15 is 0 Å². The summed E-state index contributed by atoms with van der Waals surface area (Å²) < 4.78 is 5.25. The van der Waals surface area contributed by atoms with Gasteiger partial charge in [-0.15, -0.1) is 0 Å². The molecular weight excluding hydrogens is 314 g/mol. The van der Waals surface area contributed by atoms with Crippen molar-refractivity contribution in [1.82, 2.24) is 15.0 Å². The molecule has 0 aliphatic carbocycles. The van der Waals surface area contributed by atoms with E-state index in [0.29, 0.717) is 0 Å². The highest BCUT2D eigenvalue weighted by Crippen LogP contribution is 2.26. The Kier molecular flexibility index (Phi) is 4.95. The molecule has 1 aromatic heterocycles. The number of hydrogen-bond acceptors (Lipinski definition) is 4. The van der Waals surface area contributed by atoms with E-state index in [4.69, 9.17) is 4.52 Å². The van der Waals surface area contributed by atoms with E-state index in [9.17, 15) is 4.79 Å². The minimum Gasteiger partial charge on any atom is -0.361 e. The number of nitrogens with zero attached hydrogens (tertiary/aromatic N) is 3. The summed E-state index contributed by atoms with van der Waals surface area (Å²) in [5.74, 6) is 1.09. The van der Waals surface area contributed by atoms with E-state index < -0.39 is 5.41 Å². The molecule has 1 aliphatic heterocycles. The minimum atomic E-state index is -0.495. The van der Waals surface area contributed by atoms with Crippen LogP contribution in [0.25, 0.3) is 0 Å². The van der Waals surface area contributed by atoms with Gasteiger partial charge in [-0.3, -0.25) is 9.69 Å². The summed E-state index contributed by atoms with van der Waals surface area (Å²) in [4.78, 5) is 17.4. The maximum atomic E-state index is 13.0. The van der Waals surface area contributed by atoms with Gasteiger partial charge in [0.25, 0.3) is 0 Å². The molecule has 0 radical (unpaired) electrons. The van der Waals surface area contributed by atoms with Crippen LogP contribution in [0.2, 0.25) is 0 Å². The Hall–Kier alpha value is -2.14. The van der Waals surface area contributed by atoms with Gasteiger partial charge in [0.1, 0.15) is 5.76 Å². The highest BCUT2D eigenvalue weighted by Gasteiger charge is 2.35. The number of hydrogen-bond donors (Lipinski definition) is 0. The lowest BCUT2D eigenvalue weighted by Gasteiger charge is -2.38. The van der Waals surface area contributed by atoms with Crippen molar-refractivity contribution in [2.75, 3.05) is 26.2 Å². The van der Waals surface area contributed by atoms with Gasteiger partial charge in [-0.2, -0.15) is 0 Å². The molecule has 5 heteroatoms. The summed E-state index contributed by atoms with van der Waals surface area (Å²) in [6.07, 6.45) is 0. The molecule has 0 unspecified atom stereocenters. The van der Waals surface area contributed by atoms with E-state index in [1.54, 1.807) is 0 Å². The maximum absolute atomic E-state index is 13.0. The molecule has 0 bridgehead atoms. The van der Waals surface area contributed by atoms with E-state index in [1.165, 1.54) is 5.56 Å². The number of amides is 1. The molecule has 5 nitrogen and oxygen atoms in total. The number of carbonyl (C=O) groups excluding carboxylic acids is 1. The Bertz CT molecular complexity index is 709. The van der Waals surface area contributed by atoms with Crippen LogP contribution >= 0.6 is 0 Å². The fourth-order valence-corrected chi connectivity index (χ4v) is 3.43. The average Bonchev–Trinajstić information content (AvgIpc) is 2.94. The van der Waals surface area contributed by atoms with Crippen LogP contribution in [0, 0.1) is 13.8 Å². The highest BCUT2D eigenvalue weighted by molar-refractivity contribution is 5.87. The molecule has 0 saturated carbocycles. The third-order valence-corrected chi connectivity index (χ3v) is 5.25. The van der Waals surface area contributed by atoms with E-state index in [2.05, 4.69) is 10.1 Å². The summed E-state index contributed by atoms with van der Waals surface area (Å²) in [6.45, 7) is 12.1. The van der Waals surface area contributed by atoms with E-state index in [1.807, 2.05) is 62.9 Å². The van der Waals surface area contributed by atoms with Crippen molar-refractivity contribution in [2.45, 2.75) is 39.7 Å². The first kappa shape index (κ1) is 17.7. The van der Waals surface area contributed by atoms with Gasteiger partial charge in [-0.1, -0.05) is 35.5 Å². The lowest BCUT2D eigenvalue weighted by atomic mass is 9.83. The van der Waals surface area contributed by atoms with Crippen molar-refractivity contribution >= 4 is 5.91 Å². The van der Waals surface area contributed by atoms with Gasteiger partial charge in [-0.25, -0.2) is 0 Å². The Labute approximate surface area is 149 Å². The van der Waals surface area contributed by atoms with Gasteiger partial charge in [0, 0.05) is 38.3 Å². The topological polar surface area (TPSA) is 49.6 Å². The second-order valence-corrected chi connectivity index (χ2v) is 7.36. The number of carbonyl (C=O) groups is 1. The summed E-state index contributed by atoms with van der Waals surface area (Å²) in [6, 6.07) is 10.0. The van der Waals surface area contributed by atoms with Crippen molar-refractivity contribution < 1.29 is 9.32 Å². The highest BCUT2D eigenvalue weighted by atomic mass is 16.5. The largest absolute Gasteiger partial charge is 0.361 e. The first-order chi connectivity index (χ1) is 11.9. The average molecular weight is 341 g/mol. The number of piperazine rings is 1. The number of benzene rings is 1. The normalized spacial score (nSPS) is 16.2. The van der Waals surface area contributed by atoms with Gasteiger partial charge in [0.15, 0.2) is 0 Å². The SMILES string of the molecule is Cc1noc(C)c1CN1CCN(C(=O)C(C)(C)c2ccccc2)CC1. The zero-order chi connectivity index (χ0) is 18.0. The predicted molar refractivity (Wildman–Crippen MR) is 97.3 cm³/mol. The Morgan fingerprint density at radius 3 is 2.32 bits per heavy atom. The molecule has 3 rings (SSSR count). The van der Waals surface area contributed by atoms with Crippen LogP contribution in [0.3, 0.4) is 0 Å². The van der Waals surface area contributed by atoms with Crippen LogP contribution in [0.15, 0.2) is 34.9 Å². The van der Waals surface area contributed by atoms with Gasteiger partial charge < -0.3 is 9.42 Å². The fourth-order valence-electron chi connectivity index (χ4n) is 3.43. The first-order valence-electron chi connectivity index (χ1n) is 8.88. The molecule has 1 saturated heterocycles. The van der Waals surface area contributed by atoms with Gasteiger partial charge in [0.2, 0.25) is 5.91 Å². The van der Waals surface area contributed by atoms with Crippen molar-refractivity contribution in [3.05, 3.63) is 52.9 Å². The van der Waals surface area contributed by atoms with Crippen LogP contribution < -0.4 is 0 Å². The van der Waals surface area contributed by atoms with Crippen molar-refractivity contribution in [3.63, 3.8) is 0 Å². The summed E-state index contributed by atoms with van der Waals surface area (Å²) in [5, 5.41) is 4.02. The molecule has 134 valence electrons. The zero-order valence-electron chi connectivity index (χ0n) is 15.6. The predicted octanol–water partition coefficient (Wildman–Crippen LogP) is 2.91. The molecular formula is C20H27N3O2. The van der Waals surface area contributed by atoms with Crippen LogP contribution in [0.1, 0.15) is 36.4 Å². The van der Waals surface area contributed by atoms with Crippen molar-refractivity contribution in [3.8, 4) is 0 Å². The standard InChI is InChI=1S/C20H27N3O2/c1-15-18(16(2)25-21-15)14-22-10-12-23(13-11-22)19(24)20(3,4)17-8-6-5-7-9-17/h5-9H,10-14H2,1-4H3. The third-order valence-electron chi connectivity index (χ3n) is 5.25. The Morgan fingerprint density at radius 2 is 1.76 bits per heavy atom. The summed E-state index contributed by atoms with van der Waals surface area (Å²) in [7, 11) is 0. The van der Waals surface area contributed by atoms with Crippen molar-refractivity contribution in [1.29, 1.82) is 0 Å². The quantitative estimate of drug-likeness (QED) is 0.858. The smallest absolute Gasteiger partial charge is 0.232 e. The first-order valence-corrected chi connectivity index (χ1v) is 8.88. The third kappa shape index (κ3) is 3.61. The van der Waals surface area contributed by atoms with Crippen LogP contribution in [-0.2, 0) is 16.8 Å². The number of aryl methyl sites for hydroxylation is 2. The molecule has 1 aliphatic rings. The van der Waals surface area contributed by atoms with E-state index in [0.717, 1.165) is 49.7 Å². The molecule has 0 atom stereocenters. The minimum absolute atomic E-state index is 0.204. The second-order valence-electron chi connectivity index (χ2n) is 7.36. The molecule has 0 spiro atoms. The maximum Gasteiger partial charge on any atom is 0.232 e. The van der Waals surface area contributed by atoms with Gasteiger partial charge in [0.05, 0.1) is 11.1 Å². The van der Waals surface area contributed by atoms with Crippen LogP contribution in [0.4, 0.5) is 0 Å². The number of aromatic nitrogens is 1. The van der Waals surface area contributed by atoms with Crippen molar-refractivity contribution in [2.24, 2.45) is 0 Å². The fraction of sp³-hybridized carbons (Fsp3) is 0.500. The number of rotatable bonds is 4. The van der Waals surface area contributed by atoms with Gasteiger partial charge >= 0.3 is 0 Å². The molecule has 2 heterocycles. The molecule has 1 fully saturated rings. The lowest BCUT2D eigenvalue weighted by molar-refractivity contribution is -0.138. The molecule has 25 heavy (non-hydrogen) atoms. The summed E-state index contributed by atoms with van der Waals surface area (Å²) >= 11 is 0. The summed E-state index contributed by atoms with van der Waals surface area (Å²) in [5.41, 5.74) is 2.70. The molecule has 1 aromatic carbocycles. The monoisotopic (exact) mass is 341 g/mol.